The number of carboxylic acids is 1. The van der Waals surface area contributed by atoms with E-state index in [-0.39, 0.29) is 11.1 Å². The predicted molar refractivity (Wildman–Crippen MR) is 79.0 cm³/mol. The molecule has 0 radical (unpaired) electrons. The Morgan fingerprint density at radius 3 is 2.30 bits per heavy atom. The molecular formula is C16H20N2O2. The number of carboxylic acid groups (broad SMARTS) is 1. The van der Waals surface area contributed by atoms with E-state index in [9.17, 15) is 9.90 Å². The fourth-order valence-corrected chi connectivity index (χ4v) is 1.99. The molecule has 1 N–H and O–H groups in total. The lowest BCUT2D eigenvalue weighted by atomic mass is 10.1. The average Bonchev–Trinajstić information content (AvgIpc) is 2.84. The lowest BCUT2D eigenvalue weighted by Crippen LogP contribution is -2.22. The quantitative estimate of drug-likeness (QED) is 0.929. The highest BCUT2D eigenvalue weighted by molar-refractivity contribution is 5.94. The van der Waals surface area contributed by atoms with Crippen molar-refractivity contribution in [2.75, 3.05) is 0 Å². The molecule has 0 amide bonds. The Kier molecular flexibility index (Phi) is 3.66. The Morgan fingerprint density at radius 1 is 1.25 bits per heavy atom. The Labute approximate surface area is 119 Å². The van der Waals surface area contributed by atoms with Crippen molar-refractivity contribution in [1.82, 2.24) is 9.78 Å². The van der Waals surface area contributed by atoms with Gasteiger partial charge in [0.25, 0.3) is 0 Å². The Morgan fingerprint density at radius 2 is 1.85 bits per heavy atom. The van der Waals surface area contributed by atoms with Crippen LogP contribution in [0.15, 0.2) is 30.5 Å². The number of aromatic carboxylic acids is 1. The van der Waals surface area contributed by atoms with Crippen LogP contribution >= 0.6 is 0 Å². The monoisotopic (exact) mass is 272 g/mol. The van der Waals surface area contributed by atoms with Gasteiger partial charge in [-0.25, -0.2) is 4.79 Å². The second-order valence-corrected chi connectivity index (χ2v) is 5.86. The molecular weight excluding hydrogens is 252 g/mol. The van der Waals surface area contributed by atoms with Gasteiger partial charge in [0.05, 0.1) is 5.54 Å². The fourth-order valence-electron chi connectivity index (χ4n) is 1.99. The highest BCUT2D eigenvalue weighted by Crippen LogP contribution is 2.25. The molecule has 0 spiro atoms. The van der Waals surface area contributed by atoms with E-state index in [2.05, 4.69) is 12.0 Å². The summed E-state index contributed by atoms with van der Waals surface area (Å²) in [5.74, 6) is -0.949. The molecule has 1 aromatic heterocycles. The number of rotatable bonds is 3. The molecule has 0 bridgehead atoms. The smallest absolute Gasteiger partial charge is 0.339 e. The number of benzene rings is 1. The van der Waals surface area contributed by atoms with Crippen LogP contribution in [0.4, 0.5) is 0 Å². The molecule has 0 unspecified atom stereocenters. The molecule has 0 aliphatic rings. The summed E-state index contributed by atoms with van der Waals surface area (Å²) in [5.41, 5.74) is 2.58. The van der Waals surface area contributed by atoms with E-state index in [1.165, 1.54) is 5.56 Å². The van der Waals surface area contributed by atoms with Gasteiger partial charge in [-0.3, -0.25) is 4.68 Å². The third kappa shape index (κ3) is 2.74. The predicted octanol–water partition coefficient (Wildman–Crippen LogP) is 3.57. The van der Waals surface area contributed by atoms with Crippen molar-refractivity contribution < 1.29 is 9.90 Å². The first-order chi connectivity index (χ1) is 9.32. The van der Waals surface area contributed by atoms with Crippen molar-refractivity contribution in [2.24, 2.45) is 0 Å². The largest absolute Gasteiger partial charge is 0.478 e. The van der Waals surface area contributed by atoms with Crippen molar-refractivity contribution in [2.45, 2.75) is 39.7 Å². The van der Waals surface area contributed by atoms with Crippen LogP contribution in [0.2, 0.25) is 0 Å². The van der Waals surface area contributed by atoms with E-state index in [1.807, 2.05) is 45.0 Å². The topological polar surface area (TPSA) is 55.1 Å². The van der Waals surface area contributed by atoms with Crippen LogP contribution in [0.5, 0.6) is 0 Å². The molecule has 0 aliphatic heterocycles. The molecule has 20 heavy (non-hydrogen) atoms. The van der Waals surface area contributed by atoms with Gasteiger partial charge in [0.15, 0.2) is 0 Å². The first-order valence-corrected chi connectivity index (χ1v) is 6.75. The molecule has 106 valence electrons. The summed E-state index contributed by atoms with van der Waals surface area (Å²) in [6.07, 6.45) is 2.56. The summed E-state index contributed by atoms with van der Waals surface area (Å²) in [6.45, 7) is 8.08. The zero-order valence-electron chi connectivity index (χ0n) is 12.3. The Hall–Kier alpha value is -2.10. The summed E-state index contributed by atoms with van der Waals surface area (Å²) in [4.78, 5) is 11.4. The van der Waals surface area contributed by atoms with Crippen LogP contribution in [0, 0.1) is 0 Å². The summed E-state index contributed by atoms with van der Waals surface area (Å²) in [7, 11) is 0. The SMILES string of the molecule is CCc1ccc(-c2nn(C(C)(C)C)cc2C(=O)O)cc1. The zero-order chi connectivity index (χ0) is 14.9. The number of nitrogens with zero attached hydrogens (tertiary/aromatic N) is 2. The standard InChI is InChI=1S/C16H20N2O2/c1-5-11-6-8-12(9-7-11)14-13(15(19)20)10-18(17-14)16(2,3)4/h6-10H,5H2,1-4H3,(H,19,20). The van der Waals surface area contributed by atoms with E-state index >= 15 is 0 Å². The third-order valence-electron chi connectivity index (χ3n) is 3.27. The molecule has 1 aromatic carbocycles. The molecule has 0 saturated carbocycles. The molecule has 4 nitrogen and oxygen atoms in total. The van der Waals surface area contributed by atoms with E-state index in [4.69, 9.17) is 0 Å². The van der Waals surface area contributed by atoms with Gasteiger partial charge in [-0.2, -0.15) is 5.10 Å². The average molecular weight is 272 g/mol. The van der Waals surface area contributed by atoms with Gasteiger partial charge in [0.1, 0.15) is 11.3 Å². The van der Waals surface area contributed by atoms with Gasteiger partial charge in [0, 0.05) is 11.8 Å². The van der Waals surface area contributed by atoms with Crippen LogP contribution < -0.4 is 0 Å². The highest BCUT2D eigenvalue weighted by Gasteiger charge is 2.22. The van der Waals surface area contributed by atoms with Crippen LogP contribution in [0.25, 0.3) is 11.3 Å². The molecule has 0 fully saturated rings. The molecule has 0 atom stereocenters. The van der Waals surface area contributed by atoms with Crippen molar-refractivity contribution in [3.05, 3.63) is 41.6 Å². The van der Waals surface area contributed by atoms with Gasteiger partial charge < -0.3 is 5.11 Å². The number of hydrogen-bond acceptors (Lipinski definition) is 2. The number of hydrogen-bond donors (Lipinski definition) is 1. The van der Waals surface area contributed by atoms with Crippen molar-refractivity contribution in [3.63, 3.8) is 0 Å². The van der Waals surface area contributed by atoms with Gasteiger partial charge in [-0.1, -0.05) is 31.2 Å². The van der Waals surface area contributed by atoms with Gasteiger partial charge >= 0.3 is 5.97 Å². The second-order valence-electron chi connectivity index (χ2n) is 5.86. The van der Waals surface area contributed by atoms with Crippen LogP contribution in [0.1, 0.15) is 43.6 Å². The third-order valence-corrected chi connectivity index (χ3v) is 3.27. The maximum atomic E-state index is 11.4. The Balaban J connectivity index is 2.53. The normalized spacial score (nSPS) is 11.6. The highest BCUT2D eigenvalue weighted by atomic mass is 16.4. The minimum atomic E-state index is -0.949. The van der Waals surface area contributed by atoms with Gasteiger partial charge in [0.2, 0.25) is 0 Å². The summed E-state index contributed by atoms with van der Waals surface area (Å²) < 4.78 is 1.71. The van der Waals surface area contributed by atoms with E-state index in [0.717, 1.165) is 12.0 Å². The lowest BCUT2D eigenvalue weighted by Gasteiger charge is -2.18. The van der Waals surface area contributed by atoms with Crippen molar-refractivity contribution >= 4 is 5.97 Å². The number of aryl methyl sites for hydroxylation is 1. The van der Waals surface area contributed by atoms with Crippen molar-refractivity contribution in [3.8, 4) is 11.3 Å². The summed E-state index contributed by atoms with van der Waals surface area (Å²) in [6, 6.07) is 7.88. The van der Waals surface area contributed by atoms with Gasteiger partial charge in [-0.05, 0) is 32.8 Å². The van der Waals surface area contributed by atoms with E-state index in [0.29, 0.717) is 5.69 Å². The van der Waals surface area contributed by atoms with E-state index in [1.54, 1.807) is 10.9 Å². The Bertz CT molecular complexity index is 619. The second kappa shape index (κ2) is 5.12. The minimum Gasteiger partial charge on any atom is -0.478 e. The molecule has 1 heterocycles. The van der Waals surface area contributed by atoms with Crippen LogP contribution in [0.3, 0.4) is 0 Å². The zero-order valence-corrected chi connectivity index (χ0v) is 12.3. The summed E-state index contributed by atoms with van der Waals surface area (Å²) >= 11 is 0. The fraction of sp³-hybridized carbons (Fsp3) is 0.375. The molecule has 4 heteroatoms. The maximum absolute atomic E-state index is 11.4. The molecule has 2 aromatic rings. The number of carbonyl (C=O) groups is 1. The molecule has 2 rings (SSSR count). The number of aromatic nitrogens is 2. The first kappa shape index (κ1) is 14.3. The van der Waals surface area contributed by atoms with E-state index < -0.39 is 5.97 Å². The first-order valence-electron chi connectivity index (χ1n) is 6.75. The van der Waals surface area contributed by atoms with Crippen LogP contribution in [-0.4, -0.2) is 20.9 Å². The van der Waals surface area contributed by atoms with Gasteiger partial charge in [-0.15, -0.1) is 0 Å². The summed E-state index contributed by atoms with van der Waals surface area (Å²) in [5, 5.41) is 13.8. The minimum absolute atomic E-state index is 0.240. The van der Waals surface area contributed by atoms with Crippen molar-refractivity contribution in [1.29, 1.82) is 0 Å². The molecule has 0 aliphatic carbocycles. The lowest BCUT2D eigenvalue weighted by molar-refractivity contribution is 0.0697. The maximum Gasteiger partial charge on any atom is 0.339 e. The molecule has 0 saturated heterocycles. The van der Waals surface area contributed by atoms with Crippen LogP contribution in [-0.2, 0) is 12.0 Å².